The van der Waals surface area contributed by atoms with Crippen molar-refractivity contribution in [3.8, 4) is 0 Å². The molecule has 18 heavy (non-hydrogen) atoms. The Morgan fingerprint density at radius 1 is 1.67 bits per heavy atom. The van der Waals surface area contributed by atoms with Crippen molar-refractivity contribution in [1.82, 2.24) is 5.32 Å². The van der Waals surface area contributed by atoms with Crippen molar-refractivity contribution < 1.29 is 14.4 Å². The average molecular weight is 251 g/mol. The fraction of sp³-hybridized carbons (Fsp3) is 0.500. The minimum absolute atomic E-state index is 0.0158. The summed E-state index contributed by atoms with van der Waals surface area (Å²) in [6, 6.07) is 3.32. The molecule has 1 unspecified atom stereocenters. The topological polar surface area (TPSA) is 101 Å². The van der Waals surface area contributed by atoms with Crippen molar-refractivity contribution in [3.05, 3.63) is 24.2 Å². The van der Waals surface area contributed by atoms with Crippen LogP contribution in [0.15, 0.2) is 28.0 Å². The molecule has 1 aliphatic rings. The second-order valence-electron chi connectivity index (χ2n) is 4.63. The molecule has 1 aromatic heterocycles. The fourth-order valence-corrected chi connectivity index (χ4v) is 2.17. The molecule has 6 heteroatoms. The van der Waals surface area contributed by atoms with Gasteiger partial charge in [0.25, 0.3) is 0 Å². The van der Waals surface area contributed by atoms with Crippen molar-refractivity contribution in [3.63, 3.8) is 0 Å². The third-order valence-corrected chi connectivity index (χ3v) is 3.56. The maximum Gasteiger partial charge on any atom is 0.234 e. The Hall–Kier alpha value is -1.98. The van der Waals surface area contributed by atoms with E-state index in [1.54, 1.807) is 18.4 Å². The van der Waals surface area contributed by atoms with E-state index in [2.05, 4.69) is 10.5 Å². The molecule has 2 rings (SSSR count). The summed E-state index contributed by atoms with van der Waals surface area (Å²) in [4.78, 5) is 12.2. The smallest absolute Gasteiger partial charge is 0.234 e. The van der Waals surface area contributed by atoms with E-state index < -0.39 is 5.41 Å². The van der Waals surface area contributed by atoms with E-state index in [1.807, 2.05) is 6.92 Å². The molecule has 1 fully saturated rings. The average Bonchev–Trinajstić information content (AvgIpc) is 2.80. The zero-order chi connectivity index (χ0) is 13.2. The first-order valence-electron chi connectivity index (χ1n) is 5.92. The van der Waals surface area contributed by atoms with E-state index >= 15 is 0 Å². The second kappa shape index (κ2) is 4.72. The SMILES string of the molecule is CC(NC(=O)C1(/C(N)=N/O)CCC1)c1ccco1. The molecule has 1 aliphatic carbocycles. The number of rotatable bonds is 4. The number of amidine groups is 1. The number of oxime groups is 1. The summed E-state index contributed by atoms with van der Waals surface area (Å²) < 4.78 is 5.22. The lowest BCUT2D eigenvalue weighted by molar-refractivity contribution is -0.131. The molecular formula is C12H17N3O3. The highest BCUT2D eigenvalue weighted by Crippen LogP contribution is 2.41. The predicted octanol–water partition coefficient (Wildman–Crippen LogP) is 1.37. The zero-order valence-electron chi connectivity index (χ0n) is 10.2. The number of carbonyl (C=O) groups excluding carboxylic acids is 1. The molecule has 1 saturated carbocycles. The van der Waals surface area contributed by atoms with Crippen LogP contribution in [0.25, 0.3) is 0 Å². The molecule has 0 radical (unpaired) electrons. The number of hydrogen-bond acceptors (Lipinski definition) is 4. The zero-order valence-corrected chi connectivity index (χ0v) is 10.2. The Bertz CT molecular complexity index is 449. The van der Waals surface area contributed by atoms with Crippen molar-refractivity contribution in [2.24, 2.45) is 16.3 Å². The number of furan rings is 1. The normalized spacial score (nSPS) is 19.9. The molecule has 1 atom stereocenters. The first-order chi connectivity index (χ1) is 8.60. The van der Waals surface area contributed by atoms with Gasteiger partial charge in [-0.25, -0.2) is 0 Å². The highest BCUT2D eigenvalue weighted by atomic mass is 16.4. The number of hydrogen-bond donors (Lipinski definition) is 3. The molecule has 98 valence electrons. The third kappa shape index (κ3) is 1.94. The number of nitrogens with two attached hydrogens (primary N) is 1. The van der Waals surface area contributed by atoms with Gasteiger partial charge in [0.05, 0.1) is 12.3 Å². The van der Waals surface area contributed by atoms with Crippen LogP contribution in [0.1, 0.15) is 38.0 Å². The first kappa shape index (κ1) is 12.5. The van der Waals surface area contributed by atoms with Crippen LogP contribution in [0.3, 0.4) is 0 Å². The largest absolute Gasteiger partial charge is 0.467 e. The van der Waals surface area contributed by atoms with E-state index in [0.717, 1.165) is 6.42 Å². The number of nitrogens with one attached hydrogen (secondary N) is 1. The van der Waals surface area contributed by atoms with E-state index in [1.165, 1.54) is 0 Å². The third-order valence-electron chi connectivity index (χ3n) is 3.56. The quantitative estimate of drug-likeness (QED) is 0.325. The Balaban J connectivity index is 2.07. The van der Waals surface area contributed by atoms with Crippen LogP contribution in [-0.2, 0) is 4.79 Å². The Morgan fingerprint density at radius 3 is 2.83 bits per heavy atom. The minimum atomic E-state index is -0.852. The van der Waals surface area contributed by atoms with Gasteiger partial charge in [-0.2, -0.15) is 0 Å². The van der Waals surface area contributed by atoms with Gasteiger partial charge < -0.3 is 20.7 Å². The van der Waals surface area contributed by atoms with E-state index in [0.29, 0.717) is 18.6 Å². The molecule has 0 saturated heterocycles. The van der Waals surface area contributed by atoms with Gasteiger partial charge in [0, 0.05) is 0 Å². The summed E-state index contributed by atoms with van der Waals surface area (Å²) in [6.07, 6.45) is 3.68. The molecule has 0 aliphatic heterocycles. The Kier molecular flexibility index (Phi) is 3.27. The lowest BCUT2D eigenvalue weighted by Crippen LogP contribution is -2.54. The maximum absolute atomic E-state index is 12.2. The van der Waals surface area contributed by atoms with Gasteiger partial charge in [-0.1, -0.05) is 11.6 Å². The van der Waals surface area contributed by atoms with Gasteiger partial charge in [0.1, 0.15) is 11.2 Å². The molecule has 4 N–H and O–H groups in total. The van der Waals surface area contributed by atoms with Gasteiger partial charge in [0.15, 0.2) is 5.84 Å². The molecule has 1 aromatic rings. The maximum atomic E-state index is 12.2. The van der Waals surface area contributed by atoms with Gasteiger partial charge >= 0.3 is 0 Å². The van der Waals surface area contributed by atoms with Crippen LogP contribution in [-0.4, -0.2) is 17.0 Å². The molecule has 0 spiro atoms. The lowest BCUT2D eigenvalue weighted by Gasteiger charge is -2.39. The second-order valence-corrected chi connectivity index (χ2v) is 4.63. The van der Waals surface area contributed by atoms with E-state index in [4.69, 9.17) is 15.4 Å². The van der Waals surface area contributed by atoms with Crippen LogP contribution in [0.5, 0.6) is 0 Å². The monoisotopic (exact) mass is 251 g/mol. The van der Waals surface area contributed by atoms with Gasteiger partial charge in [-0.05, 0) is 31.9 Å². The molecular weight excluding hydrogens is 234 g/mol. The fourth-order valence-electron chi connectivity index (χ4n) is 2.17. The van der Waals surface area contributed by atoms with Gasteiger partial charge in [-0.3, -0.25) is 4.79 Å². The summed E-state index contributed by atoms with van der Waals surface area (Å²) in [5.41, 5.74) is 4.77. The van der Waals surface area contributed by atoms with Gasteiger partial charge in [0.2, 0.25) is 5.91 Å². The minimum Gasteiger partial charge on any atom is -0.467 e. The van der Waals surface area contributed by atoms with Crippen molar-refractivity contribution >= 4 is 11.7 Å². The summed E-state index contributed by atoms with van der Waals surface area (Å²) in [5.74, 6) is 0.447. The van der Waals surface area contributed by atoms with E-state index in [9.17, 15) is 4.79 Å². The number of nitrogens with zero attached hydrogens (tertiary/aromatic N) is 1. The molecule has 1 heterocycles. The summed E-state index contributed by atoms with van der Waals surface area (Å²) >= 11 is 0. The van der Waals surface area contributed by atoms with Crippen molar-refractivity contribution in [1.29, 1.82) is 0 Å². The highest BCUT2D eigenvalue weighted by Gasteiger charge is 2.48. The molecule has 1 amide bonds. The summed E-state index contributed by atoms with van der Waals surface area (Å²) in [7, 11) is 0. The van der Waals surface area contributed by atoms with Crippen LogP contribution in [0.4, 0.5) is 0 Å². The standard InChI is InChI=1S/C12H17N3O3/c1-8(9-4-2-7-18-9)14-11(16)12(5-3-6-12)10(13)15-17/h2,4,7-8,17H,3,5-6H2,1H3,(H2,13,15)(H,14,16). The number of amides is 1. The van der Waals surface area contributed by atoms with Crippen LogP contribution >= 0.6 is 0 Å². The Morgan fingerprint density at radius 2 is 2.39 bits per heavy atom. The number of carbonyl (C=O) groups is 1. The predicted molar refractivity (Wildman–Crippen MR) is 65.0 cm³/mol. The van der Waals surface area contributed by atoms with E-state index in [-0.39, 0.29) is 17.8 Å². The first-order valence-corrected chi connectivity index (χ1v) is 5.92. The summed E-state index contributed by atoms with van der Waals surface area (Å²) in [5, 5.41) is 14.6. The molecule has 0 aromatic carbocycles. The van der Waals surface area contributed by atoms with Crippen molar-refractivity contribution in [2.75, 3.05) is 0 Å². The lowest BCUT2D eigenvalue weighted by atomic mass is 9.67. The molecule has 6 nitrogen and oxygen atoms in total. The van der Waals surface area contributed by atoms with Crippen LogP contribution in [0, 0.1) is 5.41 Å². The summed E-state index contributed by atoms with van der Waals surface area (Å²) in [6.45, 7) is 1.83. The molecule has 0 bridgehead atoms. The highest BCUT2D eigenvalue weighted by molar-refractivity contribution is 6.07. The van der Waals surface area contributed by atoms with Crippen molar-refractivity contribution in [2.45, 2.75) is 32.2 Å². The van der Waals surface area contributed by atoms with Crippen LogP contribution in [0.2, 0.25) is 0 Å². The Labute approximate surface area is 105 Å². The van der Waals surface area contributed by atoms with Gasteiger partial charge in [-0.15, -0.1) is 0 Å². The van der Waals surface area contributed by atoms with Crippen LogP contribution < -0.4 is 11.1 Å².